The van der Waals surface area contributed by atoms with Gasteiger partial charge in [0, 0.05) is 0 Å². The van der Waals surface area contributed by atoms with Gasteiger partial charge in [-0.3, -0.25) is 0 Å². The van der Waals surface area contributed by atoms with E-state index >= 15 is 0 Å². The number of unbranched alkanes of at least 4 members (excludes halogenated alkanes) is 30. The zero-order valence-corrected chi connectivity index (χ0v) is 35.4. The second-order valence-electron chi connectivity index (χ2n) is 14.6. The van der Waals surface area contributed by atoms with E-state index in [-0.39, 0.29) is 19.3 Å². The van der Waals surface area contributed by atoms with E-state index in [0.717, 1.165) is 57.8 Å². The van der Waals surface area contributed by atoms with Crippen molar-refractivity contribution in [1.82, 2.24) is 0 Å². The Morgan fingerprint density at radius 3 is 0.633 bits per heavy atom. The van der Waals surface area contributed by atoms with Gasteiger partial charge < -0.3 is 0 Å². The van der Waals surface area contributed by atoms with Crippen molar-refractivity contribution in [2.24, 2.45) is 0 Å². The molecule has 49 heavy (non-hydrogen) atoms. The molecule has 0 aromatic rings. The van der Waals surface area contributed by atoms with Crippen molar-refractivity contribution < 1.29 is 25.0 Å². The van der Waals surface area contributed by atoms with Gasteiger partial charge in [-0.15, -0.1) is 0 Å². The van der Waals surface area contributed by atoms with Crippen molar-refractivity contribution in [3.63, 3.8) is 0 Å². The summed E-state index contributed by atoms with van der Waals surface area (Å²) in [7, 11) is 0. The quantitative estimate of drug-likeness (QED) is 0.0460. The van der Waals surface area contributed by atoms with Crippen LogP contribution in [0.1, 0.15) is 252 Å². The maximum atomic E-state index is 12.6. The average molecular weight is 752 g/mol. The van der Waals surface area contributed by atoms with Crippen LogP contribution in [0.3, 0.4) is 0 Å². The predicted octanol–water partition coefficient (Wildman–Crippen LogP) is 13.7. The topological polar surface area (TPSA) is 78.9 Å². The summed E-state index contributed by atoms with van der Waals surface area (Å²) in [5.41, 5.74) is 0. The van der Waals surface area contributed by atoms with Crippen molar-refractivity contribution >= 4 is 35.2 Å². The first kappa shape index (κ1) is 48.0. The molecule has 0 amide bonds. The first-order chi connectivity index (χ1) is 24.0. The van der Waals surface area contributed by atoms with Crippen LogP contribution in [0.2, 0.25) is 0 Å². The van der Waals surface area contributed by atoms with Gasteiger partial charge in [-0.1, -0.05) is 59.3 Å². The first-order valence-corrected chi connectivity index (χ1v) is 24.6. The Kier molecular flexibility index (Phi) is 39.1. The molecule has 0 radical (unpaired) electrons. The SMILES string of the molecule is CCCCCCCCCCCCCC(=O)[O][Ga]([O]C(=O)CCCCCCCCCCCCC)[O]C(=O)CCCCCCCCCCCCC. The number of carbonyl (C=O) groups is 3. The van der Waals surface area contributed by atoms with Crippen LogP contribution in [0, 0.1) is 0 Å². The van der Waals surface area contributed by atoms with Gasteiger partial charge in [0.1, 0.15) is 0 Å². The van der Waals surface area contributed by atoms with Crippen LogP contribution in [0.5, 0.6) is 0 Å². The Balaban J connectivity index is 4.35. The van der Waals surface area contributed by atoms with Crippen molar-refractivity contribution in [2.45, 2.75) is 252 Å². The maximum absolute atomic E-state index is 12.6. The molecule has 0 saturated heterocycles. The van der Waals surface area contributed by atoms with Gasteiger partial charge in [-0.05, 0) is 0 Å². The summed E-state index contributed by atoms with van der Waals surface area (Å²) in [6.07, 6.45) is 40.7. The molecule has 0 aromatic heterocycles. The molecule has 0 N–H and O–H groups in total. The molecule has 0 saturated carbocycles. The second kappa shape index (κ2) is 39.8. The van der Waals surface area contributed by atoms with Crippen molar-refractivity contribution in [2.75, 3.05) is 0 Å². The molecule has 0 aliphatic heterocycles. The predicted molar refractivity (Wildman–Crippen MR) is 207 cm³/mol. The van der Waals surface area contributed by atoms with Gasteiger partial charge in [0.05, 0.1) is 0 Å². The minimum atomic E-state index is -3.79. The van der Waals surface area contributed by atoms with Gasteiger partial charge >= 0.3 is 253 Å². The Hall–Kier alpha value is -0.954. The molecule has 0 unspecified atom stereocenters. The number of carbonyl (C=O) groups excluding carboxylic acids is 3. The van der Waals surface area contributed by atoms with E-state index in [9.17, 15) is 14.4 Å². The van der Waals surface area contributed by atoms with Gasteiger partial charge in [0.25, 0.3) is 0 Å². The van der Waals surface area contributed by atoms with Crippen molar-refractivity contribution in [3.8, 4) is 0 Å². The minimum absolute atomic E-state index is 0.283. The average Bonchev–Trinajstić information content (AvgIpc) is 3.08. The summed E-state index contributed by atoms with van der Waals surface area (Å²) in [5, 5.41) is 0. The third kappa shape index (κ3) is 38.1. The molecule has 0 spiro atoms. The van der Waals surface area contributed by atoms with Gasteiger partial charge in [-0.25, -0.2) is 0 Å². The van der Waals surface area contributed by atoms with E-state index in [1.807, 2.05) is 0 Å². The van der Waals surface area contributed by atoms with Crippen LogP contribution in [0.15, 0.2) is 0 Å². The minimum Gasteiger partial charge on any atom is -0.0654 e. The fourth-order valence-electron chi connectivity index (χ4n) is 6.37. The molecule has 0 aliphatic rings. The van der Waals surface area contributed by atoms with Crippen LogP contribution >= 0.6 is 0 Å². The molecule has 0 atom stereocenters. The van der Waals surface area contributed by atoms with E-state index < -0.39 is 35.2 Å². The summed E-state index contributed by atoms with van der Waals surface area (Å²) in [5.74, 6) is -1.19. The molecular weight excluding hydrogens is 670 g/mol. The van der Waals surface area contributed by atoms with E-state index in [1.54, 1.807) is 0 Å². The Labute approximate surface area is 311 Å². The third-order valence-electron chi connectivity index (χ3n) is 9.64. The van der Waals surface area contributed by atoms with E-state index in [4.69, 9.17) is 10.6 Å². The van der Waals surface area contributed by atoms with Crippen LogP contribution in [0.25, 0.3) is 0 Å². The van der Waals surface area contributed by atoms with Gasteiger partial charge in [-0.2, -0.15) is 0 Å². The van der Waals surface area contributed by atoms with Crippen LogP contribution in [-0.4, -0.2) is 35.2 Å². The molecule has 0 aliphatic carbocycles. The van der Waals surface area contributed by atoms with Crippen molar-refractivity contribution in [3.05, 3.63) is 0 Å². The standard InChI is InChI=1S/3C14H28O2.Ga/c3*1-2-3-4-5-6-7-8-9-10-11-12-13-14(15)16;/h3*2-13H2,1H3,(H,15,16);/q;;;+3/p-3. The first-order valence-electron chi connectivity index (χ1n) is 21.6. The number of rotatable bonds is 39. The Morgan fingerprint density at radius 2 is 0.449 bits per heavy atom. The van der Waals surface area contributed by atoms with Crippen LogP contribution < -0.4 is 0 Å². The molecule has 0 rings (SSSR count). The molecule has 7 heteroatoms. The molecule has 0 heterocycles. The number of hydrogen-bond donors (Lipinski definition) is 0. The Bertz CT molecular complexity index is 635. The van der Waals surface area contributed by atoms with E-state index in [2.05, 4.69) is 20.8 Å². The smallest absolute Gasteiger partial charge is 0.0654 e. The fourth-order valence-corrected chi connectivity index (χ4v) is 8.77. The summed E-state index contributed by atoms with van der Waals surface area (Å²) in [6.45, 7) is 6.75. The number of hydrogen-bond acceptors (Lipinski definition) is 6. The molecular formula is C42H81GaO6. The monoisotopic (exact) mass is 751 g/mol. The molecule has 288 valence electrons. The molecule has 0 fully saturated rings. The van der Waals surface area contributed by atoms with E-state index in [1.165, 1.54) is 154 Å². The normalized spacial score (nSPS) is 11.1. The molecule has 0 bridgehead atoms. The van der Waals surface area contributed by atoms with Crippen LogP contribution in [-0.2, 0) is 25.0 Å². The van der Waals surface area contributed by atoms with Crippen molar-refractivity contribution in [1.29, 1.82) is 0 Å². The molecule has 6 nitrogen and oxygen atoms in total. The zero-order chi connectivity index (χ0) is 35.9. The summed E-state index contributed by atoms with van der Waals surface area (Å²) in [4.78, 5) is 37.9. The summed E-state index contributed by atoms with van der Waals surface area (Å²) in [6, 6.07) is 0. The summed E-state index contributed by atoms with van der Waals surface area (Å²) >= 11 is -3.79. The zero-order valence-electron chi connectivity index (χ0n) is 33.0. The van der Waals surface area contributed by atoms with Gasteiger partial charge in [0.15, 0.2) is 0 Å². The second-order valence-corrected chi connectivity index (χ2v) is 17.3. The fraction of sp³-hybridized carbons (Fsp3) is 0.929. The van der Waals surface area contributed by atoms with Crippen LogP contribution in [0.4, 0.5) is 0 Å². The molecule has 0 aromatic carbocycles. The Morgan fingerprint density at radius 1 is 0.286 bits per heavy atom. The van der Waals surface area contributed by atoms with E-state index in [0.29, 0.717) is 0 Å². The summed E-state index contributed by atoms with van der Waals surface area (Å²) < 4.78 is 16.7. The third-order valence-corrected chi connectivity index (χ3v) is 12.5. The van der Waals surface area contributed by atoms with Gasteiger partial charge in [0.2, 0.25) is 0 Å².